The van der Waals surface area contributed by atoms with Gasteiger partial charge in [0.1, 0.15) is 5.78 Å². The van der Waals surface area contributed by atoms with Gasteiger partial charge in [0, 0.05) is 47.5 Å². The van der Waals surface area contributed by atoms with Crippen molar-refractivity contribution >= 4 is 22.5 Å². The number of rotatable bonds is 12. The van der Waals surface area contributed by atoms with E-state index in [4.69, 9.17) is 0 Å². The van der Waals surface area contributed by atoms with Crippen molar-refractivity contribution in [2.24, 2.45) is 11.8 Å². The summed E-state index contributed by atoms with van der Waals surface area (Å²) in [6.45, 7) is 23.3. The third kappa shape index (κ3) is 8.79. The summed E-state index contributed by atoms with van der Waals surface area (Å²) in [4.78, 5) is 15.8. The predicted molar refractivity (Wildman–Crippen MR) is 147 cm³/mol. The highest BCUT2D eigenvalue weighted by Crippen LogP contribution is 2.40. The Morgan fingerprint density at radius 3 is 2.11 bits per heavy atom. The highest BCUT2D eigenvalue weighted by atomic mass is 32.2. The molecule has 1 saturated heterocycles. The topological polar surface area (TPSA) is 20.3 Å². The lowest BCUT2D eigenvalue weighted by Crippen LogP contribution is -2.33. The summed E-state index contributed by atoms with van der Waals surface area (Å²) in [5.74, 6) is -1.67. The fraction of sp³-hybridized carbons (Fsp3) is 0.500. The van der Waals surface area contributed by atoms with Crippen molar-refractivity contribution in [2.45, 2.75) is 72.6 Å². The van der Waals surface area contributed by atoms with Crippen LogP contribution in [0.3, 0.4) is 0 Å². The molecule has 0 aliphatic carbocycles. The molecule has 0 bridgehead atoms. The summed E-state index contributed by atoms with van der Waals surface area (Å²) in [6, 6.07) is 6.36. The van der Waals surface area contributed by atoms with Crippen molar-refractivity contribution < 1.29 is 13.6 Å². The van der Waals surface area contributed by atoms with E-state index >= 15 is 0 Å². The van der Waals surface area contributed by atoms with E-state index in [0.717, 1.165) is 77.9 Å². The summed E-state index contributed by atoms with van der Waals surface area (Å²) >= 11 is 1.56. The van der Waals surface area contributed by atoms with E-state index in [1.54, 1.807) is 30.8 Å². The molecule has 2 nitrogen and oxygen atoms in total. The predicted octanol–water partition coefficient (Wildman–Crippen LogP) is 8.97. The molecule has 1 aliphatic rings. The molecule has 1 aliphatic heterocycles. The van der Waals surface area contributed by atoms with Crippen LogP contribution in [0, 0.1) is 11.8 Å². The van der Waals surface area contributed by atoms with Gasteiger partial charge in [0.2, 0.25) is 0 Å². The number of piperidine rings is 1. The van der Waals surface area contributed by atoms with Crippen LogP contribution in [0.25, 0.3) is 4.91 Å². The number of ketones is 1. The van der Waals surface area contributed by atoms with Gasteiger partial charge in [-0.3, -0.25) is 0 Å². The van der Waals surface area contributed by atoms with Gasteiger partial charge in [-0.05, 0) is 70.8 Å². The number of carbonyl (C=O) groups excluding carboxylic acids is 1. The molecule has 1 heterocycles. The summed E-state index contributed by atoms with van der Waals surface area (Å²) in [5.41, 5.74) is 4.11. The lowest BCUT2D eigenvalue weighted by atomic mass is 9.84. The van der Waals surface area contributed by atoms with Gasteiger partial charge in [-0.1, -0.05) is 66.9 Å². The minimum atomic E-state index is -2.85. The standard InChI is InChI=1S/C30H41F2NOS/c1-20(2)27(19-22(5)34)10-9-25-15-17-33(18-16-25)23(6)29(21(3)4)35-24(7)26-11-13-28(14-12-26)30(8,31)32/h11-14,25,27H,1,6-7,9-10,15-19H2,2-5,8H3. The Labute approximate surface area is 215 Å². The molecular formula is C30H41F2NOS. The number of Topliss-reactive ketones (excluding diaryl/α,β-unsaturated/α-hetero) is 1. The Balaban J connectivity index is 1.95. The number of nitrogens with zero attached hydrogens (tertiary/aromatic N) is 1. The highest BCUT2D eigenvalue weighted by Gasteiger charge is 2.25. The number of carbonyl (C=O) groups is 1. The van der Waals surface area contributed by atoms with Gasteiger partial charge >= 0.3 is 0 Å². The van der Waals surface area contributed by atoms with Crippen LogP contribution >= 0.6 is 11.8 Å². The summed E-state index contributed by atoms with van der Waals surface area (Å²) < 4.78 is 27.1. The maximum absolute atomic E-state index is 13.5. The largest absolute Gasteiger partial charge is 0.371 e. The van der Waals surface area contributed by atoms with Crippen molar-refractivity contribution in [1.29, 1.82) is 0 Å². The first kappa shape index (κ1) is 29.1. The van der Waals surface area contributed by atoms with E-state index in [0.29, 0.717) is 12.3 Å². The number of hydrogen-bond donors (Lipinski definition) is 0. The SMILES string of the molecule is C=C(SC(C(=C)N1CCC(CCC(CC(C)=O)C(=C)C)CC1)=C(C)C)c1ccc(C(C)(F)F)cc1. The molecule has 1 aromatic rings. The number of benzene rings is 1. The Bertz CT molecular complexity index is 959. The molecule has 1 aromatic carbocycles. The van der Waals surface area contributed by atoms with Crippen LogP contribution in [0.1, 0.15) is 77.8 Å². The first-order valence-electron chi connectivity index (χ1n) is 12.4. The number of likely N-dealkylation sites (tertiary alicyclic amines) is 1. The van der Waals surface area contributed by atoms with Crippen molar-refractivity contribution in [3.8, 4) is 0 Å². The number of halogens is 2. The van der Waals surface area contributed by atoms with Gasteiger partial charge < -0.3 is 9.69 Å². The average molecular weight is 502 g/mol. The molecule has 0 spiro atoms. The zero-order valence-electron chi connectivity index (χ0n) is 22.1. The minimum Gasteiger partial charge on any atom is -0.371 e. The molecule has 0 aromatic heterocycles. The molecule has 5 heteroatoms. The third-order valence-corrected chi connectivity index (χ3v) is 8.14. The Kier molecular flexibility index (Phi) is 10.6. The second-order valence-electron chi connectivity index (χ2n) is 10.2. The lowest BCUT2D eigenvalue weighted by Gasteiger charge is -2.36. The number of alkyl halides is 2. The van der Waals surface area contributed by atoms with Crippen molar-refractivity contribution in [3.05, 3.63) is 76.9 Å². The van der Waals surface area contributed by atoms with Crippen molar-refractivity contribution in [2.75, 3.05) is 13.1 Å². The zero-order valence-corrected chi connectivity index (χ0v) is 22.9. The monoisotopic (exact) mass is 501 g/mol. The Morgan fingerprint density at radius 2 is 1.66 bits per heavy atom. The van der Waals surface area contributed by atoms with E-state index in [1.807, 2.05) is 6.92 Å². The molecule has 0 N–H and O–H groups in total. The normalized spacial score (nSPS) is 15.5. The van der Waals surface area contributed by atoms with E-state index in [1.165, 1.54) is 12.1 Å². The van der Waals surface area contributed by atoms with E-state index in [9.17, 15) is 13.6 Å². The van der Waals surface area contributed by atoms with Crippen LogP contribution < -0.4 is 0 Å². The molecule has 1 fully saturated rings. The molecule has 1 atom stereocenters. The molecule has 1 unspecified atom stereocenters. The van der Waals surface area contributed by atoms with Gasteiger partial charge in [0.25, 0.3) is 5.92 Å². The lowest BCUT2D eigenvalue weighted by molar-refractivity contribution is -0.117. The minimum absolute atomic E-state index is 0.00429. The highest BCUT2D eigenvalue weighted by molar-refractivity contribution is 8.12. The van der Waals surface area contributed by atoms with Crippen LogP contribution in [0.5, 0.6) is 0 Å². The van der Waals surface area contributed by atoms with Gasteiger partial charge in [-0.25, -0.2) is 8.78 Å². The summed E-state index contributed by atoms with van der Waals surface area (Å²) in [7, 11) is 0. The van der Waals surface area contributed by atoms with Crippen LogP contribution in [0.15, 0.2) is 65.8 Å². The van der Waals surface area contributed by atoms with E-state index in [-0.39, 0.29) is 17.3 Å². The smallest absolute Gasteiger partial charge is 0.270 e. The summed E-state index contributed by atoms with van der Waals surface area (Å²) in [5, 5.41) is 0. The Morgan fingerprint density at radius 1 is 1.09 bits per heavy atom. The molecular weight excluding hydrogens is 460 g/mol. The molecule has 192 valence electrons. The fourth-order valence-electron chi connectivity index (χ4n) is 4.52. The number of hydrogen-bond acceptors (Lipinski definition) is 3. The average Bonchev–Trinajstić information content (AvgIpc) is 2.79. The fourth-order valence-corrected chi connectivity index (χ4v) is 5.47. The van der Waals surface area contributed by atoms with Crippen molar-refractivity contribution in [3.63, 3.8) is 0 Å². The van der Waals surface area contributed by atoms with Gasteiger partial charge in [-0.2, -0.15) is 0 Å². The summed E-state index contributed by atoms with van der Waals surface area (Å²) in [6.07, 6.45) is 4.96. The van der Waals surface area contributed by atoms with Crippen molar-refractivity contribution in [1.82, 2.24) is 4.90 Å². The second kappa shape index (κ2) is 12.7. The van der Waals surface area contributed by atoms with Crippen LogP contribution in [-0.2, 0) is 10.7 Å². The molecule has 0 radical (unpaired) electrons. The van der Waals surface area contributed by atoms with Crippen LogP contribution in [-0.4, -0.2) is 23.8 Å². The second-order valence-corrected chi connectivity index (χ2v) is 11.3. The molecule has 0 saturated carbocycles. The molecule has 2 rings (SSSR count). The van der Waals surface area contributed by atoms with Gasteiger partial charge in [-0.15, -0.1) is 0 Å². The van der Waals surface area contributed by atoms with Crippen LogP contribution in [0.4, 0.5) is 8.78 Å². The maximum atomic E-state index is 13.5. The van der Waals surface area contributed by atoms with E-state index in [2.05, 4.69) is 38.5 Å². The van der Waals surface area contributed by atoms with Gasteiger partial charge in [0.15, 0.2) is 0 Å². The first-order valence-corrected chi connectivity index (χ1v) is 13.2. The quantitative estimate of drug-likeness (QED) is 0.210. The number of thioether (sulfide) groups is 1. The van der Waals surface area contributed by atoms with Crippen LogP contribution in [0.2, 0.25) is 0 Å². The molecule has 0 amide bonds. The Hall–Kier alpha value is -2.14. The van der Waals surface area contributed by atoms with Gasteiger partial charge in [0.05, 0.1) is 0 Å². The maximum Gasteiger partial charge on any atom is 0.270 e. The molecule has 35 heavy (non-hydrogen) atoms. The third-order valence-electron chi connectivity index (χ3n) is 6.81. The first-order chi connectivity index (χ1) is 16.3. The number of allylic oxidation sites excluding steroid dienone is 2. The van der Waals surface area contributed by atoms with E-state index < -0.39 is 5.92 Å². The zero-order chi connectivity index (χ0) is 26.3.